The highest BCUT2D eigenvalue weighted by Crippen LogP contribution is 2.43. The van der Waals surface area contributed by atoms with Crippen molar-refractivity contribution >= 4 is 28.1 Å². The first-order valence-electron chi connectivity index (χ1n) is 12.8. The second-order valence-electron chi connectivity index (χ2n) is 10.8. The molecule has 0 spiro atoms. The summed E-state index contributed by atoms with van der Waals surface area (Å²) in [5.41, 5.74) is 3.08. The summed E-state index contributed by atoms with van der Waals surface area (Å²) in [5.74, 6) is 0.995. The monoisotopic (exact) mass is 529 g/mol. The molecule has 2 heterocycles. The average Bonchev–Trinajstić information content (AvgIpc) is 3.30. The lowest BCUT2D eigenvalue weighted by Crippen LogP contribution is -2.24. The number of pyridine rings is 1. The molecule has 4 rings (SSSR count). The molecule has 0 aliphatic heterocycles. The van der Waals surface area contributed by atoms with Gasteiger partial charge in [-0.1, -0.05) is 94.5 Å². The first-order valence-corrected chi connectivity index (χ1v) is 13.6. The van der Waals surface area contributed by atoms with Crippen LogP contribution in [0.3, 0.4) is 0 Å². The number of hydrogen-bond donors (Lipinski definition) is 1. The Morgan fingerprint density at radius 2 is 1.66 bits per heavy atom. The number of anilines is 2. The van der Waals surface area contributed by atoms with Crippen LogP contribution in [0.2, 0.25) is 0 Å². The van der Waals surface area contributed by atoms with Gasteiger partial charge < -0.3 is 14.8 Å². The van der Waals surface area contributed by atoms with Crippen molar-refractivity contribution in [3.8, 4) is 22.1 Å². The summed E-state index contributed by atoms with van der Waals surface area (Å²) in [4.78, 5) is 22.9. The van der Waals surface area contributed by atoms with Gasteiger partial charge in [-0.3, -0.25) is 4.79 Å². The molecule has 0 aliphatic rings. The number of para-hydroxylation sites is 1. The van der Waals surface area contributed by atoms with Crippen molar-refractivity contribution in [3.05, 3.63) is 84.2 Å². The van der Waals surface area contributed by atoms with E-state index in [1.165, 1.54) is 11.3 Å². The number of carbonyl (C=O) groups is 1. The normalized spacial score (nSPS) is 11.7. The Morgan fingerprint density at radius 1 is 0.947 bits per heavy atom. The number of thiazole rings is 1. The number of nitrogens with one attached hydrogen (secondary N) is 1. The van der Waals surface area contributed by atoms with E-state index in [-0.39, 0.29) is 17.8 Å². The van der Waals surface area contributed by atoms with Crippen LogP contribution in [0.25, 0.3) is 10.4 Å². The third kappa shape index (κ3) is 6.40. The SMILES string of the molecule is CCOC(=O)CC(C)(C)c1nc(Nc2cccnc2Oc2ccccc2C(C)(C)C)sc1-c1ccccc1. The molecule has 198 valence electrons. The molecule has 7 heteroatoms. The lowest BCUT2D eigenvalue weighted by Gasteiger charge is -2.23. The van der Waals surface area contributed by atoms with Gasteiger partial charge in [0.15, 0.2) is 5.13 Å². The molecule has 0 saturated carbocycles. The van der Waals surface area contributed by atoms with E-state index in [1.54, 1.807) is 6.20 Å². The van der Waals surface area contributed by atoms with Gasteiger partial charge in [0.05, 0.1) is 23.6 Å². The molecule has 0 saturated heterocycles. The van der Waals surface area contributed by atoms with E-state index in [4.69, 9.17) is 14.5 Å². The second kappa shape index (κ2) is 11.4. The van der Waals surface area contributed by atoms with Crippen molar-refractivity contribution in [1.82, 2.24) is 9.97 Å². The number of hydrogen-bond acceptors (Lipinski definition) is 7. The fraction of sp³-hybridized carbons (Fsp3) is 0.323. The Balaban J connectivity index is 1.70. The molecule has 0 unspecified atom stereocenters. The smallest absolute Gasteiger partial charge is 0.306 e. The molecule has 4 aromatic rings. The molecule has 6 nitrogen and oxygen atoms in total. The van der Waals surface area contributed by atoms with Crippen LogP contribution in [-0.2, 0) is 20.4 Å². The van der Waals surface area contributed by atoms with Gasteiger partial charge in [-0.15, -0.1) is 0 Å². The molecule has 0 amide bonds. The zero-order valence-corrected chi connectivity index (χ0v) is 23.7. The maximum absolute atomic E-state index is 12.4. The highest BCUT2D eigenvalue weighted by Gasteiger charge is 2.32. The minimum Gasteiger partial charge on any atom is -0.466 e. The quantitative estimate of drug-likeness (QED) is 0.220. The first kappa shape index (κ1) is 27.3. The summed E-state index contributed by atoms with van der Waals surface area (Å²) in [6.45, 7) is 12.7. The Labute approximate surface area is 229 Å². The molecule has 0 atom stereocenters. The number of aromatic nitrogens is 2. The highest BCUT2D eigenvalue weighted by atomic mass is 32.1. The molecular weight excluding hydrogens is 494 g/mol. The number of carbonyl (C=O) groups excluding carboxylic acids is 1. The van der Waals surface area contributed by atoms with E-state index in [0.29, 0.717) is 23.3 Å². The van der Waals surface area contributed by atoms with E-state index < -0.39 is 5.41 Å². The van der Waals surface area contributed by atoms with Gasteiger partial charge in [0.1, 0.15) is 11.4 Å². The van der Waals surface area contributed by atoms with Crippen LogP contribution in [0.1, 0.15) is 59.2 Å². The third-order valence-corrected chi connectivity index (χ3v) is 7.13. The molecule has 0 bridgehead atoms. The third-order valence-electron chi connectivity index (χ3n) is 6.11. The minimum absolute atomic E-state index is 0.0851. The molecule has 0 radical (unpaired) electrons. The van der Waals surface area contributed by atoms with Gasteiger partial charge in [-0.2, -0.15) is 0 Å². The van der Waals surface area contributed by atoms with Crippen molar-refractivity contribution in [2.45, 2.75) is 58.8 Å². The lowest BCUT2D eigenvalue weighted by atomic mass is 9.84. The fourth-order valence-corrected chi connectivity index (χ4v) is 5.40. The van der Waals surface area contributed by atoms with Gasteiger partial charge in [-0.05, 0) is 36.1 Å². The van der Waals surface area contributed by atoms with Gasteiger partial charge in [0, 0.05) is 17.2 Å². The summed E-state index contributed by atoms with van der Waals surface area (Å²) in [5, 5.41) is 4.13. The molecule has 38 heavy (non-hydrogen) atoms. The van der Waals surface area contributed by atoms with Crippen molar-refractivity contribution < 1.29 is 14.3 Å². The Bertz CT molecular complexity index is 1390. The minimum atomic E-state index is -0.534. The average molecular weight is 530 g/mol. The van der Waals surface area contributed by atoms with E-state index >= 15 is 0 Å². The van der Waals surface area contributed by atoms with Gasteiger partial charge in [-0.25, -0.2) is 9.97 Å². The van der Waals surface area contributed by atoms with Crippen LogP contribution >= 0.6 is 11.3 Å². The van der Waals surface area contributed by atoms with E-state index in [9.17, 15) is 4.79 Å². The first-order chi connectivity index (χ1) is 18.1. The van der Waals surface area contributed by atoms with E-state index in [2.05, 4.69) is 49.3 Å². The lowest BCUT2D eigenvalue weighted by molar-refractivity contribution is -0.144. The molecule has 2 aromatic heterocycles. The molecule has 0 fully saturated rings. The van der Waals surface area contributed by atoms with Gasteiger partial charge >= 0.3 is 5.97 Å². The number of benzene rings is 2. The maximum atomic E-state index is 12.4. The Kier molecular flexibility index (Phi) is 8.17. The molecule has 1 N–H and O–H groups in total. The van der Waals surface area contributed by atoms with Crippen molar-refractivity contribution in [2.24, 2.45) is 0 Å². The van der Waals surface area contributed by atoms with Crippen LogP contribution in [0.4, 0.5) is 10.8 Å². The van der Waals surface area contributed by atoms with Crippen LogP contribution in [0, 0.1) is 0 Å². The van der Waals surface area contributed by atoms with Crippen molar-refractivity contribution in [3.63, 3.8) is 0 Å². The Hall–Kier alpha value is -3.71. The number of esters is 1. The van der Waals surface area contributed by atoms with Crippen LogP contribution < -0.4 is 10.1 Å². The largest absolute Gasteiger partial charge is 0.466 e. The predicted octanol–water partition coefficient (Wildman–Crippen LogP) is 8.27. The summed E-state index contributed by atoms with van der Waals surface area (Å²) in [7, 11) is 0. The molecular formula is C31H35N3O3S. The number of nitrogens with zero attached hydrogens (tertiary/aromatic N) is 2. The fourth-order valence-electron chi connectivity index (χ4n) is 4.24. The summed E-state index contributed by atoms with van der Waals surface area (Å²) >= 11 is 1.54. The molecule has 0 aliphatic carbocycles. The maximum Gasteiger partial charge on any atom is 0.306 e. The zero-order chi connectivity index (χ0) is 27.3. The van der Waals surface area contributed by atoms with Crippen molar-refractivity contribution in [2.75, 3.05) is 11.9 Å². The topological polar surface area (TPSA) is 73.3 Å². The van der Waals surface area contributed by atoms with E-state index in [0.717, 1.165) is 27.4 Å². The van der Waals surface area contributed by atoms with Crippen molar-refractivity contribution in [1.29, 1.82) is 0 Å². The van der Waals surface area contributed by atoms with Crippen LogP contribution in [0.15, 0.2) is 72.9 Å². The highest BCUT2D eigenvalue weighted by molar-refractivity contribution is 7.19. The number of ether oxygens (including phenoxy) is 2. The standard InChI is InChI=1S/C31H35N3O3S/c1-7-36-25(35)20-31(5,6)27-26(21-14-9-8-10-15-21)38-29(34-27)33-23-17-13-19-32-28(23)37-24-18-12-11-16-22(24)30(2,3)4/h8-19H,7,20H2,1-6H3,(H,33,34). The number of rotatable bonds is 9. The predicted molar refractivity (Wildman–Crippen MR) is 155 cm³/mol. The summed E-state index contributed by atoms with van der Waals surface area (Å²) < 4.78 is 11.6. The van der Waals surface area contributed by atoms with Crippen LogP contribution in [-0.4, -0.2) is 22.5 Å². The van der Waals surface area contributed by atoms with Gasteiger partial charge in [0.2, 0.25) is 5.88 Å². The summed E-state index contributed by atoms with van der Waals surface area (Å²) in [6, 6.07) is 21.9. The van der Waals surface area contributed by atoms with Crippen LogP contribution in [0.5, 0.6) is 11.6 Å². The Morgan fingerprint density at radius 3 is 2.37 bits per heavy atom. The van der Waals surface area contributed by atoms with Gasteiger partial charge in [0.25, 0.3) is 0 Å². The summed E-state index contributed by atoms with van der Waals surface area (Å²) in [6.07, 6.45) is 1.94. The van der Waals surface area contributed by atoms with E-state index in [1.807, 2.05) is 69.3 Å². The molecule has 2 aromatic carbocycles. The second-order valence-corrected chi connectivity index (χ2v) is 11.8. The zero-order valence-electron chi connectivity index (χ0n) is 22.9.